The molecule has 0 spiro atoms. The molecule has 0 amide bonds. The van der Waals surface area contributed by atoms with Gasteiger partial charge >= 0.3 is 0 Å². The number of nitrogens with one attached hydrogen (secondary N) is 1. The van der Waals surface area contributed by atoms with Crippen LogP contribution in [0.4, 0.5) is 5.95 Å². The molecule has 0 fully saturated rings. The molecule has 4 rings (SSSR count). The normalized spacial score (nSPS) is 15.9. The lowest BCUT2D eigenvalue weighted by atomic mass is 9.80. The maximum absolute atomic E-state index is 12.8. The van der Waals surface area contributed by atoms with Gasteiger partial charge in [-0.05, 0) is 49.3 Å². The van der Waals surface area contributed by atoms with E-state index in [1.54, 1.807) is 0 Å². The van der Waals surface area contributed by atoms with Gasteiger partial charge < -0.3 is 5.32 Å². The van der Waals surface area contributed by atoms with Crippen LogP contribution in [0.2, 0.25) is 0 Å². The zero-order valence-corrected chi connectivity index (χ0v) is 16.4. The third kappa shape index (κ3) is 3.81. The molecular weight excluding hydrogens is 346 g/mol. The summed E-state index contributed by atoms with van der Waals surface area (Å²) in [6.07, 6.45) is 2.22. The molecule has 4 nitrogen and oxygen atoms in total. The Hall–Kier alpha value is -3.01. The summed E-state index contributed by atoms with van der Waals surface area (Å²) >= 11 is 0. The third-order valence-corrected chi connectivity index (χ3v) is 5.48. The molecule has 0 saturated heterocycles. The van der Waals surface area contributed by atoms with E-state index in [0.717, 1.165) is 36.3 Å². The SMILES string of the molecule is Cc1ccccc1[C@@H]1CC(=O)c2c(C)nc(NCCc3ccccc3)nc2C1. The Morgan fingerprint density at radius 2 is 1.71 bits per heavy atom. The zero-order chi connectivity index (χ0) is 19.5. The van der Waals surface area contributed by atoms with Gasteiger partial charge in [-0.25, -0.2) is 9.97 Å². The fourth-order valence-electron chi connectivity index (χ4n) is 4.08. The van der Waals surface area contributed by atoms with Gasteiger partial charge in [-0.3, -0.25) is 4.79 Å². The van der Waals surface area contributed by atoms with Crippen LogP contribution >= 0.6 is 0 Å². The monoisotopic (exact) mass is 371 g/mol. The van der Waals surface area contributed by atoms with Crippen molar-refractivity contribution in [1.82, 2.24) is 9.97 Å². The number of anilines is 1. The molecule has 4 heteroatoms. The zero-order valence-electron chi connectivity index (χ0n) is 16.4. The maximum Gasteiger partial charge on any atom is 0.223 e. The Balaban J connectivity index is 1.54. The molecular formula is C24H25N3O. The molecule has 1 aromatic heterocycles. The minimum Gasteiger partial charge on any atom is -0.354 e. The first kappa shape index (κ1) is 18.4. The standard InChI is InChI=1S/C24H25N3O/c1-16-8-6-7-11-20(16)19-14-21-23(22(28)15-19)17(2)26-24(27-21)25-13-12-18-9-4-3-5-10-18/h3-11,19H,12-15H2,1-2H3,(H,25,26,27)/t19-/m0/s1. The largest absolute Gasteiger partial charge is 0.354 e. The van der Waals surface area contributed by atoms with E-state index in [1.165, 1.54) is 16.7 Å². The molecule has 3 aromatic rings. The van der Waals surface area contributed by atoms with E-state index >= 15 is 0 Å². The molecule has 0 bridgehead atoms. The molecule has 0 saturated carbocycles. The van der Waals surface area contributed by atoms with E-state index in [1.807, 2.05) is 37.3 Å². The summed E-state index contributed by atoms with van der Waals surface area (Å²) in [4.78, 5) is 22.1. The summed E-state index contributed by atoms with van der Waals surface area (Å²) in [5.41, 5.74) is 6.13. The number of fused-ring (bicyclic) bond motifs is 1. The molecule has 142 valence electrons. The highest BCUT2D eigenvalue weighted by atomic mass is 16.1. The number of hydrogen-bond acceptors (Lipinski definition) is 4. The van der Waals surface area contributed by atoms with Crippen LogP contribution in [0.25, 0.3) is 0 Å². The van der Waals surface area contributed by atoms with Gasteiger partial charge in [-0.15, -0.1) is 0 Å². The van der Waals surface area contributed by atoms with Crippen LogP contribution in [-0.2, 0) is 12.8 Å². The van der Waals surface area contributed by atoms with E-state index in [2.05, 4.69) is 41.5 Å². The van der Waals surface area contributed by atoms with Crippen molar-refractivity contribution in [1.29, 1.82) is 0 Å². The topological polar surface area (TPSA) is 54.9 Å². The molecule has 0 unspecified atom stereocenters. The molecule has 1 aliphatic carbocycles. The Bertz CT molecular complexity index is 998. The Labute approximate surface area is 166 Å². The molecule has 1 aliphatic rings. The first-order valence-electron chi connectivity index (χ1n) is 9.86. The number of carbonyl (C=O) groups is 1. The third-order valence-electron chi connectivity index (χ3n) is 5.48. The van der Waals surface area contributed by atoms with Gasteiger partial charge in [0.05, 0.1) is 17.0 Å². The van der Waals surface area contributed by atoms with Crippen molar-refractivity contribution in [3.05, 3.63) is 88.2 Å². The number of benzene rings is 2. The number of ketones is 1. The summed E-state index contributed by atoms with van der Waals surface area (Å²) < 4.78 is 0. The lowest BCUT2D eigenvalue weighted by Gasteiger charge is -2.25. The van der Waals surface area contributed by atoms with Crippen LogP contribution < -0.4 is 5.32 Å². The van der Waals surface area contributed by atoms with Gasteiger partial charge in [-0.1, -0.05) is 54.6 Å². The second-order valence-electron chi connectivity index (χ2n) is 7.50. The number of nitrogens with zero attached hydrogens (tertiary/aromatic N) is 2. The maximum atomic E-state index is 12.8. The quantitative estimate of drug-likeness (QED) is 0.709. The van der Waals surface area contributed by atoms with E-state index in [9.17, 15) is 4.79 Å². The van der Waals surface area contributed by atoms with Crippen molar-refractivity contribution in [2.75, 3.05) is 11.9 Å². The van der Waals surface area contributed by atoms with Crippen LogP contribution in [0.1, 0.15) is 50.8 Å². The van der Waals surface area contributed by atoms with Crippen molar-refractivity contribution < 1.29 is 4.79 Å². The summed E-state index contributed by atoms with van der Waals surface area (Å²) in [6.45, 7) is 4.78. The van der Waals surface area contributed by atoms with E-state index in [4.69, 9.17) is 4.98 Å². The molecule has 1 heterocycles. The fraction of sp³-hybridized carbons (Fsp3) is 0.292. The van der Waals surface area contributed by atoms with Gasteiger partial charge in [0.2, 0.25) is 5.95 Å². The van der Waals surface area contributed by atoms with Gasteiger partial charge in [0.25, 0.3) is 0 Å². The first-order valence-corrected chi connectivity index (χ1v) is 9.86. The second kappa shape index (κ2) is 7.93. The van der Waals surface area contributed by atoms with Gasteiger partial charge in [0.1, 0.15) is 0 Å². The number of carbonyl (C=O) groups excluding carboxylic acids is 1. The summed E-state index contributed by atoms with van der Waals surface area (Å²) in [7, 11) is 0. The number of aromatic nitrogens is 2. The molecule has 1 N–H and O–H groups in total. The minimum atomic E-state index is 0.155. The summed E-state index contributed by atoms with van der Waals surface area (Å²) in [5.74, 6) is 0.959. The lowest BCUT2D eigenvalue weighted by Crippen LogP contribution is -2.23. The molecule has 2 aromatic carbocycles. The molecule has 0 radical (unpaired) electrons. The van der Waals surface area contributed by atoms with E-state index in [0.29, 0.717) is 12.4 Å². The summed E-state index contributed by atoms with van der Waals surface area (Å²) in [5, 5.41) is 3.33. The van der Waals surface area contributed by atoms with Gasteiger partial charge in [0, 0.05) is 13.0 Å². The van der Waals surface area contributed by atoms with E-state index < -0.39 is 0 Å². The van der Waals surface area contributed by atoms with Crippen molar-refractivity contribution in [3.8, 4) is 0 Å². The minimum absolute atomic E-state index is 0.155. The van der Waals surface area contributed by atoms with Crippen molar-refractivity contribution in [2.24, 2.45) is 0 Å². The number of Topliss-reactive ketones (excluding diaryl/α,β-unsaturated/α-hetero) is 1. The second-order valence-corrected chi connectivity index (χ2v) is 7.50. The Kier molecular flexibility index (Phi) is 5.20. The highest BCUT2D eigenvalue weighted by Gasteiger charge is 2.30. The summed E-state index contributed by atoms with van der Waals surface area (Å²) in [6, 6.07) is 18.7. The predicted octanol–water partition coefficient (Wildman–Crippen LogP) is 4.66. The lowest BCUT2D eigenvalue weighted by molar-refractivity contribution is 0.0962. The Morgan fingerprint density at radius 3 is 2.50 bits per heavy atom. The van der Waals surface area contributed by atoms with Gasteiger partial charge in [-0.2, -0.15) is 0 Å². The Morgan fingerprint density at radius 1 is 0.964 bits per heavy atom. The van der Waals surface area contributed by atoms with E-state index in [-0.39, 0.29) is 11.7 Å². The molecule has 1 atom stereocenters. The molecule has 0 aliphatic heterocycles. The first-order chi connectivity index (χ1) is 13.6. The number of rotatable bonds is 5. The van der Waals surface area contributed by atoms with Crippen LogP contribution in [0.5, 0.6) is 0 Å². The van der Waals surface area contributed by atoms with Crippen molar-refractivity contribution in [3.63, 3.8) is 0 Å². The van der Waals surface area contributed by atoms with Crippen LogP contribution in [-0.4, -0.2) is 22.3 Å². The molecule has 28 heavy (non-hydrogen) atoms. The fourth-order valence-corrected chi connectivity index (χ4v) is 4.08. The highest BCUT2D eigenvalue weighted by molar-refractivity contribution is 5.99. The van der Waals surface area contributed by atoms with Crippen LogP contribution in [0.3, 0.4) is 0 Å². The van der Waals surface area contributed by atoms with Gasteiger partial charge in [0.15, 0.2) is 5.78 Å². The number of aryl methyl sites for hydroxylation is 2. The van der Waals surface area contributed by atoms with Crippen LogP contribution in [0, 0.1) is 13.8 Å². The van der Waals surface area contributed by atoms with Crippen molar-refractivity contribution in [2.45, 2.75) is 39.0 Å². The van der Waals surface area contributed by atoms with Crippen LogP contribution in [0.15, 0.2) is 54.6 Å². The number of hydrogen-bond donors (Lipinski definition) is 1. The average Bonchev–Trinajstić information content (AvgIpc) is 2.68. The van der Waals surface area contributed by atoms with Crippen molar-refractivity contribution >= 4 is 11.7 Å². The smallest absolute Gasteiger partial charge is 0.223 e. The highest BCUT2D eigenvalue weighted by Crippen LogP contribution is 2.34. The average molecular weight is 371 g/mol. The predicted molar refractivity (Wildman–Crippen MR) is 112 cm³/mol.